The summed E-state index contributed by atoms with van der Waals surface area (Å²) in [7, 11) is 1.61. The highest BCUT2D eigenvalue weighted by atomic mass is 16.5. The number of ether oxygens (including phenoxy) is 1. The van der Waals surface area contributed by atoms with Gasteiger partial charge in [-0.05, 0) is 30.7 Å². The lowest BCUT2D eigenvalue weighted by Gasteiger charge is -2.08. The van der Waals surface area contributed by atoms with Crippen LogP contribution < -0.4 is 15.6 Å². The molecule has 0 bridgehead atoms. The molecule has 7 nitrogen and oxygen atoms in total. The second-order valence-electron chi connectivity index (χ2n) is 5.34. The number of benzene rings is 1. The molecule has 122 valence electrons. The zero-order valence-electron chi connectivity index (χ0n) is 13.5. The highest BCUT2D eigenvalue weighted by Gasteiger charge is 2.10. The zero-order valence-corrected chi connectivity index (χ0v) is 13.5. The van der Waals surface area contributed by atoms with Crippen LogP contribution in [0, 0.1) is 6.92 Å². The first kappa shape index (κ1) is 15.7. The standard InChI is InChI=1S/C17H16N4O3/c1-9-4-5-11(8-14(9)24-3)12-6-7-13-15(19-12)16(23)21-17(20-13)18-10(2)22/h4-8H,1-3H3,(H2,18,20,21,22,23). The van der Waals surface area contributed by atoms with E-state index in [4.69, 9.17) is 4.74 Å². The van der Waals surface area contributed by atoms with Crippen LogP contribution in [-0.4, -0.2) is 28.0 Å². The summed E-state index contributed by atoms with van der Waals surface area (Å²) < 4.78 is 5.32. The number of methoxy groups -OCH3 is 1. The highest BCUT2D eigenvalue weighted by molar-refractivity contribution is 5.88. The number of aromatic amines is 1. The topological polar surface area (TPSA) is 97.0 Å². The van der Waals surface area contributed by atoms with Crippen LogP contribution in [-0.2, 0) is 4.79 Å². The van der Waals surface area contributed by atoms with Gasteiger partial charge in [0.1, 0.15) is 5.75 Å². The van der Waals surface area contributed by atoms with Crippen molar-refractivity contribution in [3.63, 3.8) is 0 Å². The van der Waals surface area contributed by atoms with Gasteiger partial charge in [-0.15, -0.1) is 0 Å². The van der Waals surface area contributed by atoms with Crippen LogP contribution >= 0.6 is 0 Å². The summed E-state index contributed by atoms with van der Waals surface area (Å²) in [6.07, 6.45) is 0. The van der Waals surface area contributed by atoms with Crippen molar-refractivity contribution in [1.82, 2.24) is 15.0 Å². The van der Waals surface area contributed by atoms with Crippen molar-refractivity contribution in [3.8, 4) is 17.0 Å². The molecule has 3 aromatic rings. The number of carbonyl (C=O) groups excluding carboxylic acids is 1. The van der Waals surface area contributed by atoms with Gasteiger partial charge in [-0.3, -0.25) is 19.9 Å². The summed E-state index contributed by atoms with van der Waals surface area (Å²) in [5.74, 6) is 0.544. The molecule has 0 unspecified atom stereocenters. The van der Waals surface area contributed by atoms with Gasteiger partial charge < -0.3 is 4.74 Å². The molecular weight excluding hydrogens is 308 g/mol. The van der Waals surface area contributed by atoms with E-state index in [1.165, 1.54) is 6.92 Å². The van der Waals surface area contributed by atoms with Gasteiger partial charge in [0.25, 0.3) is 5.56 Å². The lowest BCUT2D eigenvalue weighted by atomic mass is 10.1. The number of nitrogens with zero attached hydrogens (tertiary/aromatic N) is 2. The molecule has 1 aromatic carbocycles. The number of anilines is 1. The first-order chi connectivity index (χ1) is 11.5. The van der Waals surface area contributed by atoms with Crippen LogP contribution in [0.1, 0.15) is 12.5 Å². The van der Waals surface area contributed by atoms with Crippen molar-refractivity contribution in [3.05, 3.63) is 46.2 Å². The van der Waals surface area contributed by atoms with E-state index < -0.39 is 5.56 Å². The molecule has 24 heavy (non-hydrogen) atoms. The Hall–Kier alpha value is -3.22. The van der Waals surface area contributed by atoms with Crippen molar-refractivity contribution in [1.29, 1.82) is 0 Å². The Morgan fingerprint density at radius 3 is 2.71 bits per heavy atom. The third kappa shape index (κ3) is 2.96. The number of hydrogen-bond donors (Lipinski definition) is 2. The molecule has 0 aliphatic carbocycles. The van der Waals surface area contributed by atoms with Crippen LogP contribution in [0.4, 0.5) is 5.95 Å². The first-order valence-electron chi connectivity index (χ1n) is 7.31. The molecule has 0 radical (unpaired) electrons. The first-order valence-corrected chi connectivity index (χ1v) is 7.31. The average molecular weight is 324 g/mol. The molecule has 2 heterocycles. The Kier molecular flexibility index (Phi) is 3.99. The van der Waals surface area contributed by atoms with E-state index in [0.29, 0.717) is 11.2 Å². The number of aryl methyl sites for hydroxylation is 1. The van der Waals surface area contributed by atoms with E-state index in [-0.39, 0.29) is 17.4 Å². The van der Waals surface area contributed by atoms with Crippen molar-refractivity contribution >= 4 is 22.9 Å². The summed E-state index contributed by atoms with van der Waals surface area (Å²) in [6, 6.07) is 9.19. The van der Waals surface area contributed by atoms with Crippen LogP contribution in [0.15, 0.2) is 35.1 Å². The highest BCUT2D eigenvalue weighted by Crippen LogP contribution is 2.26. The Morgan fingerprint density at radius 1 is 1.21 bits per heavy atom. The normalized spacial score (nSPS) is 10.6. The number of amides is 1. The summed E-state index contributed by atoms with van der Waals surface area (Å²) in [6.45, 7) is 3.30. The van der Waals surface area contributed by atoms with Crippen molar-refractivity contribution < 1.29 is 9.53 Å². The number of hydrogen-bond acceptors (Lipinski definition) is 5. The minimum absolute atomic E-state index is 0.103. The molecule has 0 aliphatic heterocycles. The summed E-state index contributed by atoms with van der Waals surface area (Å²) in [5, 5.41) is 2.46. The summed E-state index contributed by atoms with van der Waals surface area (Å²) in [4.78, 5) is 34.4. The fraction of sp³-hybridized carbons (Fsp3) is 0.176. The van der Waals surface area contributed by atoms with Gasteiger partial charge in [0.2, 0.25) is 11.9 Å². The molecule has 0 saturated carbocycles. The van der Waals surface area contributed by atoms with Gasteiger partial charge in [0.05, 0.1) is 18.3 Å². The Bertz CT molecular complexity index is 995. The molecule has 2 N–H and O–H groups in total. The summed E-state index contributed by atoms with van der Waals surface area (Å²) in [5.41, 5.74) is 2.70. The van der Waals surface area contributed by atoms with E-state index in [1.807, 2.05) is 25.1 Å². The van der Waals surface area contributed by atoms with Gasteiger partial charge in [0.15, 0.2) is 5.52 Å². The van der Waals surface area contributed by atoms with Gasteiger partial charge in [-0.25, -0.2) is 9.97 Å². The fourth-order valence-electron chi connectivity index (χ4n) is 2.39. The minimum atomic E-state index is -0.412. The quantitative estimate of drug-likeness (QED) is 0.770. The van der Waals surface area contributed by atoms with Crippen LogP contribution in [0.2, 0.25) is 0 Å². The van der Waals surface area contributed by atoms with Crippen LogP contribution in [0.25, 0.3) is 22.3 Å². The SMILES string of the molecule is COc1cc(-c2ccc3nc(NC(C)=O)[nH]c(=O)c3n2)ccc1C. The Morgan fingerprint density at radius 2 is 2.00 bits per heavy atom. The number of H-pyrrole nitrogens is 1. The van der Waals surface area contributed by atoms with E-state index in [2.05, 4.69) is 20.3 Å². The maximum atomic E-state index is 12.2. The molecular formula is C17H16N4O3. The van der Waals surface area contributed by atoms with Crippen molar-refractivity contribution in [2.75, 3.05) is 12.4 Å². The number of aromatic nitrogens is 3. The maximum absolute atomic E-state index is 12.2. The number of pyridine rings is 1. The van der Waals surface area contributed by atoms with Gasteiger partial charge in [-0.2, -0.15) is 0 Å². The smallest absolute Gasteiger partial charge is 0.278 e. The molecule has 7 heteroatoms. The second kappa shape index (κ2) is 6.11. The third-order valence-corrected chi connectivity index (χ3v) is 3.55. The van der Waals surface area contributed by atoms with Gasteiger partial charge >= 0.3 is 0 Å². The lowest BCUT2D eigenvalue weighted by Crippen LogP contribution is -2.16. The molecule has 3 rings (SSSR count). The largest absolute Gasteiger partial charge is 0.496 e. The molecule has 0 fully saturated rings. The Balaban J connectivity index is 2.10. The number of nitrogens with one attached hydrogen (secondary N) is 2. The molecule has 0 aliphatic rings. The monoisotopic (exact) mass is 324 g/mol. The number of rotatable bonds is 3. The second-order valence-corrected chi connectivity index (χ2v) is 5.34. The summed E-state index contributed by atoms with van der Waals surface area (Å²) >= 11 is 0. The zero-order chi connectivity index (χ0) is 17.3. The average Bonchev–Trinajstić information content (AvgIpc) is 2.54. The molecule has 0 spiro atoms. The molecule has 2 aromatic heterocycles. The minimum Gasteiger partial charge on any atom is -0.496 e. The predicted molar refractivity (Wildman–Crippen MR) is 91.2 cm³/mol. The van der Waals surface area contributed by atoms with E-state index >= 15 is 0 Å². The molecule has 0 atom stereocenters. The van der Waals surface area contributed by atoms with Gasteiger partial charge in [-0.1, -0.05) is 12.1 Å². The van der Waals surface area contributed by atoms with Gasteiger partial charge in [0, 0.05) is 12.5 Å². The van der Waals surface area contributed by atoms with E-state index in [9.17, 15) is 9.59 Å². The number of carbonyl (C=O) groups is 1. The van der Waals surface area contributed by atoms with Crippen LogP contribution in [0.5, 0.6) is 5.75 Å². The fourth-order valence-corrected chi connectivity index (χ4v) is 2.39. The number of fused-ring (bicyclic) bond motifs is 1. The molecule has 1 amide bonds. The van der Waals surface area contributed by atoms with Crippen molar-refractivity contribution in [2.24, 2.45) is 0 Å². The van der Waals surface area contributed by atoms with Crippen molar-refractivity contribution in [2.45, 2.75) is 13.8 Å². The van der Waals surface area contributed by atoms with E-state index in [1.54, 1.807) is 19.2 Å². The Labute approximate surface area is 137 Å². The predicted octanol–water partition coefficient (Wildman–Crippen LogP) is 2.26. The van der Waals surface area contributed by atoms with Crippen LogP contribution in [0.3, 0.4) is 0 Å². The third-order valence-electron chi connectivity index (χ3n) is 3.55. The molecule has 0 saturated heterocycles. The maximum Gasteiger partial charge on any atom is 0.278 e. The lowest BCUT2D eigenvalue weighted by molar-refractivity contribution is -0.114. The van der Waals surface area contributed by atoms with E-state index in [0.717, 1.165) is 16.9 Å².